The number of rotatable bonds is 5. The molecule has 1 aromatic heterocycles. The van der Waals surface area contributed by atoms with Gasteiger partial charge in [0, 0.05) is 35.7 Å². The third kappa shape index (κ3) is 3.07. The molecule has 0 aliphatic carbocycles. The highest BCUT2D eigenvalue weighted by molar-refractivity contribution is 7.09. The average molecular weight is 295 g/mol. The zero-order chi connectivity index (χ0) is 14.8. The van der Waals surface area contributed by atoms with Gasteiger partial charge >= 0.3 is 0 Å². The molecule has 4 heteroatoms. The molecule has 1 aliphatic heterocycles. The molecule has 1 aromatic rings. The maximum absolute atomic E-state index is 4.71. The van der Waals surface area contributed by atoms with E-state index >= 15 is 0 Å². The first-order valence-corrected chi connectivity index (χ1v) is 8.86. The average Bonchev–Trinajstić information content (AvgIpc) is 2.92. The molecule has 0 radical (unpaired) electrons. The van der Waals surface area contributed by atoms with Crippen LogP contribution in [0.5, 0.6) is 0 Å². The molecule has 20 heavy (non-hydrogen) atoms. The normalized spacial score (nSPS) is 24.8. The van der Waals surface area contributed by atoms with Gasteiger partial charge < -0.3 is 5.32 Å². The molecule has 0 saturated carbocycles. The van der Waals surface area contributed by atoms with Gasteiger partial charge in [0.15, 0.2) is 0 Å². The lowest BCUT2D eigenvalue weighted by Gasteiger charge is -2.49. The van der Waals surface area contributed by atoms with Gasteiger partial charge in [-0.2, -0.15) is 0 Å². The quantitative estimate of drug-likeness (QED) is 0.896. The SMILES string of the molecule is CCC1CNC(CC)(CC)CN1C(C)c1nc(C)cs1. The van der Waals surface area contributed by atoms with E-state index in [-0.39, 0.29) is 5.54 Å². The number of aromatic nitrogens is 1. The molecule has 1 N–H and O–H groups in total. The third-order valence-electron chi connectivity index (χ3n) is 4.98. The minimum Gasteiger partial charge on any atom is -0.308 e. The summed E-state index contributed by atoms with van der Waals surface area (Å²) in [7, 11) is 0. The Balaban J connectivity index is 2.20. The second-order valence-corrected chi connectivity index (χ2v) is 7.00. The summed E-state index contributed by atoms with van der Waals surface area (Å²) in [5, 5.41) is 7.25. The first-order valence-electron chi connectivity index (χ1n) is 7.98. The van der Waals surface area contributed by atoms with E-state index in [0.29, 0.717) is 12.1 Å². The van der Waals surface area contributed by atoms with Crippen LogP contribution in [0.15, 0.2) is 5.38 Å². The molecule has 0 aromatic carbocycles. The summed E-state index contributed by atoms with van der Waals surface area (Å²) >= 11 is 1.81. The van der Waals surface area contributed by atoms with Crippen molar-refractivity contribution >= 4 is 11.3 Å². The molecule has 2 rings (SSSR count). The summed E-state index contributed by atoms with van der Waals surface area (Å²) in [6.45, 7) is 13.6. The van der Waals surface area contributed by atoms with Crippen LogP contribution in [-0.2, 0) is 0 Å². The fraction of sp³-hybridized carbons (Fsp3) is 0.812. The Kier molecular flexibility index (Phi) is 5.21. The first-order chi connectivity index (χ1) is 9.55. The van der Waals surface area contributed by atoms with Crippen molar-refractivity contribution in [1.82, 2.24) is 15.2 Å². The Morgan fingerprint density at radius 3 is 2.65 bits per heavy atom. The van der Waals surface area contributed by atoms with E-state index in [0.717, 1.165) is 18.8 Å². The van der Waals surface area contributed by atoms with Crippen molar-refractivity contribution in [2.45, 2.75) is 71.5 Å². The zero-order valence-corrected chi connectivity index (χ0v) is 14.4. The Bertz CT molecular complexity index is 425. The number of thiazole rings is 1. The molecule has 114 valence electrons. The van der Waals surface area contributed by atoms with Gasteiger partial charge in [-0.3, -0.25) is 4.90 Å². The molecule has 0 spiro atoms. The summed E-state index contributed by atoms with van der Waals surface area (Å²) in [4.78, 5) is 7.39. The van der Waals surface area contributed by atoms with E-state index in [1.54, 1.807) is 11.3 Å². The van der Waals surface area contributed by atoms with Crippen molar-refractivity contribution in [3.63, 3.8) is 0 Å². The van der Waals surface area contributed by atoms with Crippen molar-refractivity contribution in [1.29, 1.82) is 0 Å². The van der Waals surface area contributed by atoms with E-state index in [2.05, 4.69) is 50.2 Å². The van der Waals surface area contributed by atoms with Crippen LogP contribution in [-0.4, -0.2) is 34.6 Å². The molecule has 0 amide bonds. The molecule has 1 aliphatic rings. The van der Waals surface area contributed by atoms with Crippen LogP contribution in [0.2, 0.25) is 0 Å². The predicted molar refractivity (Wildman–Crippen MR) is 87.4 cm³/mol. The molecule has 1 fully saturated rings. The second kappa shape index (κ2) is 6.54. The van der Waals surface area contributed by atoms with Gasteiger partial charge in [0.25, 0.3) is 0 Å². The van der Waals surface area contributed by atoms with Crippen molar-refractivity contribution < 1.29 is 0 Å². The van der Waals surface area contributed by atoms with E-state index in [1.165, 1.54) is 24.3 Å². The van der Waals surface area contributed by atoms with Crippen molar-refractivity contribution in [3.05, 3.63) is 16.1 Å². The van der Waals surface area contributed by atoms with Gasteiger partial charge in [0.2, 0.25) is 0 Å². The lowest BCUT2D eigenvalue weighted by Crippen LogP contribution is -2.63. The highest BCUT2D eigenvalue weighted by atomic mass is 32.1. The molecule has 1 saturated heterocycles. The maximum Gasteiger partial charge on any atom is 0.110 e. The minimum atomic E-state index is 0.284. The summed E-state index contributed by atoms with van der Waals surface area (Å²) in [6, 6.07) is 1.05. The van der Waals surface area contributed by atoms with Crippen LogP contribution in [0.3, 0.4) is 0 Å². The topological polar surface area (TPSA) is 28.2 Å². The Labute approximate surface area is 127 Å². The van der Waals surface area contributed by atoms with Crippen LogP contribution >= 0.6 is 11.3 Å². The molecule has 2 unspecified atom stereocenters. The lowest BCUT2D eigenvalue weighted by molar-refractivity contribution is 0.0399. The highest BCUT2D eigenvalue weighted by Gasteiger charge is 2.38. The molecular weight excluding hydrogens is 266 g/mol. The Hall–Kier alpha value is -0.450. The monoisotopic (exact) mass is 295 g/mol. The smallest absolute Gasteiger partial charge is 0.110 e. The highest BCUT2D eigenvalue weighted by Crippen LogP contribution is 2.32. The number of nitrogens with one attached hydrogen (secondary N) is 1. The Morgan fingerprint density at radius 1 is 1.45 bits per heavy atom. The molecular formula is C16H29N3S. The summed E-state index contributed by atoms with van der Waals surface area (Å²) < 4.78 is 0. The minimum absolute atomic E-state index is 0.284. The number of piperazine rings is 1. The van der Waals surface area contributed by atoms with Crippen molar-refractivity contribution in [2.75, 3.05) is 13.1 Å². The van der Waals surface area contributed by atoms with Crippen LogP contribution in [0.25, 0.3) is 0 Å². The molecule has 3 nitrogen and oxygen atoms in total. The predicted octanol–water partition coefficient (Wildman–Crippen LogP) is 3.76. The lowest BCUT2D eigenvalue weighted by atomic mass is 9.87. The summed E-state index contributed by atoms with van der Waals surface area (Å²) in [5.74, 6) is 0. The van der Waals surface area contributed by atoms with Crippen LogP contribution in [0, 0.1) is 6.92 Å². The zero-order valence-electron chi connectivity index (χ0n) is 13.6. The van der Waals surface area contributed by atoms with Crippen LogP contribution < -0.4 is 5.32 Å². The number of aryl methyl sites for hydroxylation is 1. The van der Waals surface area contributed by atoms with E-state index in [1.807, 2.05) is 0 Å². The fourth-order valence-corrected chi connectivity index (χ4v) is 4.12. The van der Waals surface area contributed by atoms with Crippen molar-refractivity contribution in [3.8, 4) is 0 Å². The standard InChI is InChI=1S/C16H29N3S/c1-6-14-9-17-16(7-2,8-3)11-19(14)13(5)15-18-12(4)10-20-15/h10,13-14,17H,6-9,11H2,1-5H3. The van der Waals surface area contributed by atoms with E-state index in [9.17, 15) is 0 Å². The van der Waals surface area contributed by atoms with E-state index < -0.39 is 0 Å². The Morgan fingerprint density at radius 2 is 2.15 bits per heavy atom. The van der Waals surface area contributed by atoms with Gasteiger partial charge in [-0.05, 0) is 33.1 Å². The summed E-state index contributed by atoms with van der Waals surface area (Å²) in [6.07, 6.45) is 3.59. The largest absolute Gasteiger partial charge is 0.308 e. The third-order valence-corrected chi connectivity index (χ3v) is 6.12. The number of hydrogen-bond donors (Lipinski definition) is 1. The van der Waals surface area contributed by atoms with Gasteiger partial charge in [-0.15, -0.1) is 11.3 Å². The molecule has 2 heterocycles. The van der Waals surface area contributed by atoms with Gasteiger partial charge in [0.05, 0.1) is 6.04 Å². The number of hydrogen-bond acceptors (Lipinski definition) is 4. The maximum atomic E-state index is 4.71. The van der Waals surface area contributed by atoms with E-state index in [4.69, 9.17) is 4.98 Å². The molecule has 0 bridgehead atoms. The van der Waals surface area contributed by atoms with Crippen LogP contribution in [0.1, 0.15) is 63.7 Å². The second-order valence-electron chi connectivity index (χ2n) is 6.11. The van der Waals surface area contributed by atoms with Gasteiger partial charge in [0.1, 0.15) is 5.01 Å². The number of nitrogens with zero attached hydrogens (tertiary/aromatic N) is 2. The first kappa shape index (κ1) is 15.9. The van der Waals surface area contributed by atoms with Gasteiger partial charge in [-0.1, -0.05) is 20.8 Å². The molecule has 2 atom stereocenters. The van der Waals surface area contributed by atoms with Gasteiger partial charge in [-0.25, -0.2) is 4.98 Å². The van der Waals surface area contributed by atoms with Crippen molar-refractivity contribution in [2.24, 2.45) is 0 Å². The summed E-state index contributed by atoms with van der Waals surface area (Å²) in [5.41, 5.74) is 1.43. The fourth-order valence-electron chi connectivity index (χ4n) is 3.25. The van der Waals surface area contributed by atoms with Crippen LogP contribution in [0.4, 0.5) is 0 Å².